The number of rotatable bonds is 3. The maximum absolute atomic E-state index is 14.2. The normalized spacial score (nSPS) is 18.8. The molecule has 0 N–H and O–H groups in total. The number of nitrogens with zero attached hydrogens (tertiary/aromatic N) is 1. The summed E-state index contributed by atoms with van der Waals surface area (Å²) in [5.74, 6) is 0.701. The number of methoxy groups -OCH3 is 1. The number of benzene rings is 3. The molecule has 0 aliphatic carbocycles. The third kappa shape index (κ3) is 2.63. The van der Waals surface area contributed by atoms with Crippen LogP contribution >= 0.6 is 0 Å². The first-order chi connectivity index (χ1) is 12.6. The van der Waals surface area contributed by atoms with E-state index in [0.29, 0.717) is 11.5 Å². The van der Waals surface area contributed by atoms with Crippen LogP contribution in [0.3, 0.4) is 0 Å². The molecule has 3 aromatic rings. The van der Waals surface area contributed by atoms with Gasteiger partial charge in [-0.2, -0.15) is 0 Å². The van der Waals surface area contributed by atoms with E-state index in [2.05, 4.69) is 0 Å². The zero-order valence-corrected chi connectivity index (χ0v) is 14.0. The average molecular weight is 353 g/mol. The third-order valence-electron chi connectivity index (χ3n) is 4.80. The molecule has 0 amide bonds. The molecule has 3 aromatic carbocycles. The number of hydrogen-bond donors (Lipinski definition) is 0. The molecular weight excluding hydrogens is 337 g/mol. The van der Waals surface area contributed by atoms with Gasteiger partial charge in [-0.05, 0) is 35.0 Å². The van der Waals surface area contributed by atoms with Crippen molar-refractivity contribution in [2.75, 3.05) is 7.11 Å². The van der Waals surface area contributed by atoms with Crippen molar-refractivity contribution in [3.05, 3.63) is 81.7 Å². The number of nitro groups is 1. The van der Waals surface area contributed by atoms with E-state index in [0.717, 1.165) is 16.3 Å². The molecule has 0 radical (unpaired) electrons. The minimum Gasteiger partial charge on any atom is -0.497 e. The van der Waals surface area contributed by atoms with Crippen LogP contribution in [-0.4, -0.2) is 18.1 Å². The standard InChI is InChI=1S/C20H16FNO4/c1-25-13-8-6-12-7-9-19-16(15(12)10-13)11-18(22(23)24)20(26-19)14-4-2-3-5-17(14)21/h2-10,18,20H,11H2,1H3. The van der Waals surface area contributed by atoms with Crippen molar-refractivity contribution in [3.8, 4) is 11.5 Å². The lowest BCUT2D eigenvalue weighted by Gasteiger charge is -2.30. The number of ether oxygens (including phenoxy) is 2. The second kappa shape index (κ2) is 6.29. The van der Waals surface area contributed by atoms with Crippen LogP contribution in [0, 0.1) is 15.9 Å². The van der Waals surface area contributed by atoms with Gasteiger partial charge < -0.3 is 9.47 Å². The van der Waals surface area contributed by atoms with E-state index >= 15 is 0 Å². The topological polar surface area (TPSA) is 61.6 Å². The molecule has 5 nitrogen and oxygen atoms in total. The quantitative estimate of drug-likeness (QED) is 0.520. The van der Waals surface area contributed by atoms with Crippen LogP contribution in [-0.2, 0) is 6.42 Å². The molecule has 0 fully saturated rings. The molecule has 26 heavy (non-hydrogen) atoms. The molecule has 1 aliphatic heterocycles. The van der Waals surface area contributed by atoms with Crippen LogP contribution in [0.2, 0.25) is 0 Å². The highest BCUT2D eigenvalue weighted by molar-refractivity contribution is 5.89. The summed E-state index contributed by atoms with van der Waals surface area (Å²) < 4.78 is 25.4. The molecule has 2 unspecified atom stereocenters. The van der Waals surface area contributed by atoms with Crippen molar-refractivity contribution in [1.82, 2.24) is 0 Å². The van der Waals surface area contributed by atoms with Crippen molar-refractivity contribution < 1.29 is 18.8 Å². The Morgan fingerprint density at radius 3 is 2.69 bits per heavy atom. The van der Waals surface area contributed by atoms with Gasteiger partial charge in [-0.3, -0.25) is 10.1 Å². The Labute approximate surface area is 149 Å². The molecule has 1 heterocycles. The van der Waals surface area contributed by atoms with E-state index < -0.39 is 18.0 Å². The number of hydrogen-bond acceptors (Lipinski definition) is 4. The molecule has 2 atom stereocenters. The van der Waals surface area contributed by atoms with Crippen molar-refractivity contribution in [2.45, 2.75) is 18.6 Å². The van der Waals surface area contributed by atoms with E-state index in [1.807, 2.05) is 24.3 Å². The highest BCUT2D eigenvalue weighted by Crippen LogP contribution is 2.41. The smallest absolute Gasteiger partial charge is 0.257 e. The Morgan fingerprint density at radius 1 is 1.19 bits per heavy atom. The molecule has 0 bridgehead atoms. The van der Waals surface area contributed by atoms with Gasteiger partial charge in [0.2, 0.25) is 0 Å². The van der Waals surface area contributed by atoms with Gasteiger partial charge in [0.15, 0.2) is 6.10 Å². The number of fused-ring (bicyclic) bond motifs is 3. The molecule has 0 aromatic heterocycles. The highest BCUT2D eigenvalue weighted by atomic mass is 19.1. The van der Waals surface area contributed by atoms with E-state index in [1.165, 1.54) is 12.1 Å². The Morgan fingerprint density at radius 2 is 1.96 bits per heavy atom. The Bertz CT molecular complexity index is 1000. The van der Waals surface area contributed by atoms with Gasteiger partial charge in [0.05, 0.1) is 7.11 Å². The highest BCUT2D eigenvalue weighted by Gasteiger charge is 2.41. The number of halogens is 1. The van der Waals surface area contributed by atoms with Crippen molar-refractivity contribution in [3.63, 3.8) is 0 Å². The zero-order valence-electron chi connectivity index (χ0n) is 14.0. The average Bonchev–Trinajstić information content (AvgIpc) is 2.66. The lowest BCUT2D eigenvalue weighted by atomic mass is 9.90. The lowest BCUT2D eigenvalue weighted by molar-refractivity contribution is -0.535. The van der Waals surface area contributed by atoms with Crippen LogP contribution in [0.4, 0.5) is 4.39 Å². The first-order valence-corrected chi connectivity index (χ1v) is 8.22. The van der Waals surface area contributed by atoms with Crippen LogP contribution in [0.15, 0.2) is 54.6 Å². The summed E-state index contributed by atoms with van der Waals surface area (Å²) in [6, 6.07) is 14.2. The van der Waals surface area contributed by atoms with Crippen LogP contribution in [0.1, 0.15) is 17.2 Å². The van der Waals surface area contributed by atoms with E-state index in [4.69, 9.17) is 9.47 Å². The van der Waals surface area contributed by atoms with E-state index in [-0.39, 0.29) is 16.9 Å². The maximum Gasteiger partial charge on any atom is 0.257 e. The molecule has 1 aliphatic rings. The van der Waals surface area contributed by atoms with Crippen molar-refractivity contribution >= 4 is 10.8 Å². The predicted molar refractivity (Wildman–Crippen MR) is 94.8 cm³/mol. The van der Waals surface area contributed by atoms with Crippen LogP contribution in [0.25, 0.3) is 10.8 Å². The fourth-order valence-electron chi connectivity index (χ4n) is 3.48. The summed E-state index contributed by atoms with van der Waals surface area (Å²) in [7, 11) is 1.57. The fourth-order valence-corrected chi connectivity index (χ4v) is 3.48. The molecule has 0 spiro atoms. The van der Waals surface area contributed by atoms with Crippen LogP contribution in [0.5, 0.6) is 11.5 Å². The summed E-state index contributed by atoms with van der Waals surface area (Å²) in [5.41, 5.74) is 0.946. The van der Waals surface area contributed by atoms with Gasteiger partial charge in [-0.15, -0.1) is 0 Å². The SMILES string of the molecule is COc1ccc2ccc3c(c2c1)CC([N+](=O)[O-])C(c1ccccc1F)O3. The summed E-state index contributed by atoms with van der Waals surface area (Å²) in [5, 5.41) is 13.5. The van der Waals surface area contributed by atoms with Crippen LogP contribution < -0.4 is 9.47 Å². The molecule has 132 valence electrons. The molecule has 4 rings (SSSR count). The molecule has 6 heteroatoms. The summed E-state index contributed by atoms with van der Waals surface area (Å²) >= 11 is 0. The maximum atomic E-state index is 14.2. The molecular formula is C20H16FNO4. The summed E-state index contributed by atoms with van der Waals surface area (Å²) in [4.78, 5) is 11.3. The van der Waals surface area contributed by atoms with Gasteiger partial charge in [0, 0.05) is 22.5 Å². The third-order valence-corrected chi connectivity index (χ3v) is 4.80. The van der Waals surface area contributed by atoms with Gasteiger partial charge in [-0.1, -0.05) is 30.3 Å². The second-order valence-electron chi connectivity index (χ2n) is 6.25. The fraction of sp³-hybridized carbons (Fsp3) is 0.200. The Kier molecular flexibility index (Phi) is 3.95. The van der Waals surface area contributed by atoms with E-state index in [1.54, 1.807) is 25.3 Å². The lowest BCUT2D eigenvalue weighted by Crippen LogP contribution is -2.37. The monoisotopic (exact) mass is 353 g/mol. The van der Waals surface area contributed by atoms with Crippen molar-refractivity contribution in [2.24, 2.45) is 0 Å². The Balaban J connectivity index is 1.86. The zero-order chi connectivity index (χ0) is 18.3. The summed E-state index contributed by atoms with van der Waals surface area (Å²) in [6.07, 6.45) is -0.812. The largest absolute Gasteiger partial charge is 0.497 e. The first-order valence-electron chi connectivity index (χ1n) is 8.22. The van der Waals surface area contributed by atoms with Gasteiger partial charge in [-0.25, -0.2) is 4.39 Å². The summed E-state index contributed by atoms with van der Waals surface area (Å²) in [6.45, 7) is 0. The molecule has 0 saturated carbocycles. The van der Waals surface area contributed by atoms with Gasteiger partial charge in [0.1, 0.15) is 17.3 Å². The predicted octanol–water partition coefficient (Wildman–Crippen LogP) is 4.31. The second-order valence-corrected chi connectivity index (χ2v) is 6.25. The molecule has 0 saturated heterocycles. The van der Waals surface area contributed by atoms with Crippen molar-refractivity contribution in [1.29, 1.82) is 0 Å². The van der Waals surface area contributed by atoms with E-state index in [9.17, 15) is 14.5 Å². The Hall–Kier alpha value is -3.15. The minimum absolute atomic E-state index is 0.159. The van der Waals surface area contributed by atoms with Gasteiger partial charge in [0.25, 0.3) is 6.04 Å². The minimum atomic E-state index is -1.07. The van der Waals surface area contributed by atoms with Gasteiger partial charge >= 0.3 is 0 Å². The first kappa shape index (κ1) is 16.3.